The van der Waals surface area contributed by atoms with E-state index in [1.165, 1.54) is 34.4 Å². The quantitative estimate of drug-likeness (QED) is 0.653. The van der Waals surface area contributed by atoms with Gasteiger partial charge < -0.3 is 0 Å². The smallest absolute Gasteiger partial charge is 0.0711 e. The van der Waals surface area contributed by atoms with Crippen LogP contribution < -0.4 is 10.4 Å². The lowest BCUT2D eigenvalue weighted by molar-refractivity contribution is 1.02. The van der Waals surface area contributed by atoms with E-state index in [-0.39, 0.29) is 0 Å². The highest BCUT2D eigenvalue weighted by molar-refractivity contribution is 5.85. The molecule has 1 heteroatoms. The van der Waals surface area contributed by atoms with Crippen LogP contribution in [0.1, 0.15) is 86.3 Å². The van der Waals surface area contributed by atoms with Crippen molar-refractivity contribution in [2.24, 2.45) is 0 Å². The van der Waals surface area contributed by atoms with Crippen molar-refractivity contribution in [3.8, 4) is 0 Å². The van der Waals surface area contributed by atoms with Gasteiger partial charge in [0.15, 0.2) is 0 Å². The maximum absolute atomic E-state index is 4.90. The lowest BCUT2D eigenvalue weighted by Crippen LogP contribution is -2.30. The standard InChI is InChI=1S/C18H21N.2C3H8/c1-4-12-11-13(5-2)18-15(6-3)19-16-10-8-7-9-14(16)17(12)18;2*1-3-2/h7-10H,4-6,11H2,1-3H3;2*3H2,1-2H3. The summed E-state index contributed by atoms with van der Waals surface area (Å²) in [5, 5.41) is 4.32. The van der Waals surface area contributed by atoms with Gasteiger partial charge >= 0.3 is 0 Å². The number of nitrogens with zero attached hydrogens (tertiary/aromatic N) is 1. The van der Waals surface area contributed by atoms with Crippen LogP contribution in [0.4, 0.5) is 0 Å². The minimum Gasteiger partial charge on any atom is -0.252 e. The second kappa shape index (κ2) is 11.1. The van der Waals surface area contributed by atoms with Crippen molar-refractivity contribution in [1.29, 1.82) is 0 Å². The van der Waals surface area contributed by atoms with Crippen LogP contribution in [-0.2, 0) is 6.42 Å². The molecule has 0 saturated carbocycles. The van der Waals surface area contributed by atoms with Gasteiger partial charge in [-0.1, -0.05) is 90.7 Å². The van der Waals surface area contributed by atoms with Gasteiger partial charge in [-0.3, -0.25) is 4.98 Å². The molecule has 25 heavy (non-hydrogen) atoms. The molecule has 0 saturated heterocycles. The number of para-hydroxylation sites is 1. The molecule has 1 aromatic carbocycles. The van der Waals surface area contributed by atoms with E-state index >= 15 is 0 Å². The Morgan fingerprint density at radius 2 is 1.24 bits per heavy atom. The summed E-state index contributed by atoms with van der Waals surface area (Å²) < 4.78 is 0. The minimum absolute atomic E-state index is 1.02. The predicted molar refractivity (Wildman–Crippen MR) is 114 cm³/mol. The molecular weight excluding hydrogens is 302 g/mol. The molecule has 0 N–H and O–H groups in total. The van der Waals surface area contributed by atoms with Gasteiger partial charge in [-0.15, -0.1) is 0 Å². The van der Waals surface area contributed by atoms with Crippen molar-refractivity contribution in [2.45, 2.75) is 87.0 Å². The fraction of sp³-hybridized carbons (Fsp3) is 0.542. The van der Waals surface area contributed by atoms with E-state index in [2.05, 4.69) is 72.7 Å². The van der Waals surface area contributed by atoms with Crippen LogP contribution in [0.25, 0.3) is 22.0 Å². The Morgan fingerprint density at radius 1 is 0.720 bits per heavy atom. The Bertz CT molecular complexity index is 782. The summed E-state index contributed by atoms with van der Waals surface area (Å²) in [6, 6.07) is 8.60. The normalized spacial score (nSPS) is 12.3. The Labute approximate surface area is 154 Å². The van der Waals surface area contributed by atoms with Gasteiger partial charge in [0.2, 0.25) is 0 Å². The topological polar surface area (TPSA) is 12.9 Å². The highest BCUT2D eigenvalue weighted by Gasteiger charge is 2.16. The first-order valence-corrected chi connectivity index (χ1v) is 10.2. The van der Waals surface area contributed by atoms with Crippen LogP contribution >= 0.6 is 0 Å². The van der Waals surface area contributed by atoms with E-state index in [4.69, 9.17) is 4.98 Å². The first kappa shape index (κ1) is 21.4. The van der Waals surface area contributed by atoms with E-state index in [1.807, 2.05) is 0 Å². The second-order valence-electron chi connectivity index (χ2n) is 6.68. The van der Waals surface area contributed by atoms with E-state index in [9.17, 15) is 0 Å². The lowest BCUT2D eigenvalue weighted by Gasteiger charge is -2.05. The summed E-state index contributed by atoms with van der Waals surface area (Å²) in [5.41, 5.74) is 5.62. The predicted octanol–water partition coefficient (Wildman–Crippen LogP) is 6.15. The summed E-state index contributed by atoms with van der Waals surface area (Å²) in [4.78, 5) is 4.90. The average Bonchev–Trinajstić information content (AvgIpc) is 3.01. The molecule has 1 aliphatic rings. The van der Waals surface area contributed by atoms with Crippen LogP contribution in [0.2, 0.25) is 0 Å². The zero-order valence-electron chi connectivity index (χ0n) is 17.5. The molecule has 0 amide bonds. The number of aromatic nitrogens is 1. The molecule has 138 valence electrons. The van der Waals surface area contributed by atoms with Gasteiger partial charge in [-0.25, -0.2) is 0 Å². The van der Waals surface area contributed by atoms with Crippen LogP contribution in [-0.4, -0.2) is 4.98 Å². The SMILES string of the molecule is CCC.CCC.CCC1=c2c(CC)nc3ccccc3c2=C(CC)C1. The van der Waals surface area contributed by atoms with Crippen LogP contribution in [0.5, 0.6) is 0 Å². The summed E-state index contributed by atoms with van der Waals surface area (Å²) >= 11 is 0. The number of pyridine rings is 1. The Balaban J connectivity index is 0.000000460. The highest BCUT2D eigenvalue weighted by Crippen LogP contribution is 2.22. The van der Waals surface area contributed by atoms with E-state index in [1.54, 1.807) is 11.1 Å². The molecule has 0 bridgehead atoms. The third-order valence-corrected chi connectivity index (χ3v) is 4.29. The molecule has 1 nitrogen and oxygen atoms in total. The van der Waals surface area contributed by atoms with Crippen LogP contribution in [0.15, 0.2) is 24.3 Å². The molecule has 0 fully saturated rings. The fourth-order valence-electron chi connectivity index (χ4n) is 3.30. The lowest BCUT2D eigenvalue weighted by atomic mass is 10.1. The zero-order chi connectivity index (χ0) is 18.8. The molecule has 1 aromatic heterocycles. The van der Waals surface area contributed by atoms with Crippen LogP contribution in [0.3, 0.4) is 0 Å². The number of benzene rings is 1. The molecule has 0 spiro atoms. The summed E-state index contributed by atoms with van der Waals surface area (Å²) in [6.45, 7) is 15.3. The first-order chi connectivity index (χ1) is 12.1. The molecule has 0 aliphatic heterocycles. The number of fused-ring (bicyclic) bond motifs is 3. The number of hydrogen-bond acceptors (Lipinski definition) is 1. The van der Waals surface area contributed by atoms with Gasteiger partial charge in [-0.2, -0.15) is 0 Å². The maximum atomic E-state index is 4.90. The molecule has 0 unspecified atom stereocenters. The first-order valence-electron chi connectivity index (χ1n) is 10.2. The Morgan fingerprint density at radius 3 is 1.76 bits per heavy atom. The number of hydrogen-bond donors (Lipinski definition) is 0. The summed E-state index contributed by atoms with van der Waals surface area (Å²) in [7, 11) is 0. The largest absolute Gasteiger partial charge is 0.252 e. The minimum atomic E-state index is 1.02. The Hall–Kier alpha value is -1.63. The molecule has 0 radical (unpaired) electrons. The van der Waals surface area contributed by atoms with Gasteiger partial charge in [0.1, 0.15) is 0 Å². The average molecular weight is 340 g/mol. The fourth-order valence-corrected chi connectivity index (χ4v) is 3.30. The van der Waals surface area contributed by atoms with Gasteiger partial charge in [-0.05, 0) is 37.0 Å². The van der Waals surface area contributed by atoms with Crippen molar-refractivity contribution in [2.75, 3.05) is 0 Å². The molecule has 2 aromatic rings. The van der Waals surface area contributed by atoms with E-state index in [0.29, 0.717) is 0 Å². The molecule has 0 atom stereocenters. The van der Waals surface area contributed by atoms with Crippen LogP contribution in [0, 0.1) is 0 Å². The molecule has 1 heterocycles. The molecule has 1 aliphatic carbocycles. The van der Waals surface area contributed by atoms with Gasteiger partial charge in [0.05, 0.1) is 5.52 Å². The number of rotatable bonds is 3. The monoisotopic (exact) mass is 339 g/mol. The highest BCUT2D eigenvalue weighted by atomic mass is 14.7. The van der Waals surface area contributed by atoms with Crippen molar-refractivity contribution < 1.29 is 0 Å². The second-order valence-corrected chi connectivity index (χ2v) is 6.68. The summed E-state index contributed by atoms with van der Waals surface area (Å²) in [5.74, 6) is 0. The van der Waals surface area contributed by atoms with E-state index in [0.717, 1.165) is 31.2 Å². The number of aryl methyl sites for hydroxylation is 1. The maximum Gasteiger partial charge on any atom is 0.0711 e. The van der Waals surface area contributed by atoms with E-state index < -0.39 is 0 Å². The van der Waals surface area contributed by atoms with Gasteiger partial charge in [0, 0.05) is 16.3 Å². The van der Waals surface area contributed by atoms with Crippen molar-refractivity contribution in [1.82, 2.24) is 4.98 Å². The molecule has 3 rings (SSSR count). The third-order valence-electron chi connectivity index (χ3n) is 4.29. The van der Waals surface area contributed by atoms with Crippen molar-refractivity contribution in [3.63, 3.8) is 0 Å². The third kappa shape index (κ3) is 4.93. The van der Waals surface area contributed by atoms with Gasteiger partial charge in [0.25, 0.3) is 0 Å². The van der Waals surface area contributed by atoms with Crippen molar-refractivity contribution in [3.05, 3.63) is 40.4 Å². The summed E-state index contributed by atoms with van der Waals surface area (Å²) in [6.07, 6.45) is 6.97. The zero-order valence-corrected chi connectivity index (χ0v) is 17.5. The van der Waals surface area contributed by atoms with Crippen molar-refractivity contribution >= 4 is 22.0 Å². The Kier molecular flexibility index (Phi) is 9.49. The molecular formula is C24H37N.